The fourth-order valence-corrected chi connectivity index (χ4v) is 1.62. The number of nitrogens with two attached hydrogens (primary N) is 1. The van der Waals surface area contributed by atoms with Gasteiger partial charge in [-0.1, -0.05) is 23.8 Å². The SMILES string of the molecule is CCNC(=O)CNc1ccc(C)cc1C(N)=S. The van der Waals surface area contributed by atoms with Crippen LogP contribution in [0.2, 0.25) is 0 Å². The molecule has 0 aliphatic rings. The van der Waals surface area contributed by atoms with Crippen LogP contribution < -0.4 is 16.4 Å². The third-order valence-corrected chi connectivity index (χ3v) is 2.47. The lowest BCUT2D eigenvalue weighted by molar-refractivity contribution is -0.119. The van der Waals surface area contributed by atoms with Crippen molar-refractivity contribution in [2.45, 2.75) is 13.8 Å². The summed E-state index contributed by atoms with van der Waals surface area (Å²) < 4.78 is 0. The minimum absolute atomic E-state index is 0.0537. The van der Waals surface area contributed by atoms with Crippen molar-refractivity contribution in [3.05, 3.63) is 29.3 Å². The molecular weight excluding hydrogens is 234 g/mol. The van der Waals surface area contributed by atoms with Crippen molar-refractivity contribution < 1.29 is 4.79 Å². The third-order valence-electron chi connectivity index (χ3n) is 2.25. The molecule has 0 fully saturated rings. The number of thiocarbonyl (C=S) groups is 1. The molecule has 0 aromatic heterocycles. The maximum Gasteiger partial charge on any atom is 0.239 e. The number of aryl methyl sites for hydroxylation is 1. The minimum atomic E-state index is -0.0537. The van der Waals surface area contributed by atoms with E-state index in [1.807, 2.05) is 32.0 Å². The molecule has 0 aliphatic carbocycles. The van der Waals surface area contributed by atoms with E-state index in [-0.39, 0.29) is 12.5 Å². The molecule has 1 rings (SSSR count). The number of hydrogen-bond donors (Lipinski definition) is 3. The first-order chi connectivity index (χ1) is 8.04. The summed E-state index contributed by atoms with van der Waals surface area (Å²) >= 11 is 4.98. The molecule has 17 heavy (non-hydrogen) atoms. The van der Waals surface area contributed by atoms with E-state index >= 15 is 0 Å². The van der Waals surface area contributed by atoms with Gasteiger partial charge in [-0.15, -0.1) is 0 Å². The van der Waals surface area contributed by atoms with Crippen molar-refractivity contribution in [1.29, 1.82) is 0 Å². The summed E-state index contributed by atoms with van der Waals surface area (Å²) in [5.41, 5.74) is 8.27. The van der Waals surface area contributed by atoms with Crippen LogP contribution in [-0.2, 0) is 4.79 Å². The molecular formula is C12H17N3OS. The molecule has 0 atom stereocenters. The molecule has 4 nitrogen and oxygen atoms in total. The number of hydrogen-bond acceptors (Lipinski definition) is 3. The van der Waals surface area contributed by atoms with E-state index in [1.165, 1.54) is 0 Å². The highest BCUT2D eigenvalue weighted by atomic mass is 32.1. The van der Waals surface area contributed by atoms with Gasteiger partial charge in [0.25, 0.3) is 0 Å². The van der Waals surface area contributed by atoms with Crippen LogP contribution in [0.3, 0.4) is 0 Å². The second-order valence-corrected chi connectivity index (χ2v) is 4.16. The second kappa shape index (κ2) is 6.20. The zero-order valence-corrected chi connectivity index (χ0v) is 10.9. The summed E-state index contributed by atoms with van der Waals surface area (Å²) in [6.45, 7) is 4.68. The Morgan fingerprint density at radius 3 is 2.76 bits per heavy atom. The van der Waals surface area contributed by atoms with Crippen molar-refractivity contribution in [2.24, 2.45) is 5.73 Å². The number of amides is 1. The van der Waals surface area contributed by atoms with Crippen LogP contribution in [0, 0.1) is 6.92 Å². The van der Waals surface area contributed by atoms with E-state index < -0.39 is 0 Å². The van der Waals surface area contributed by atoms with E-state index in [4.69, 9.17) is 18.0 Å². The van der Waals surface area contributed by atoms with Gasteiger partial charge in [-0.3, -0.25) is 4.79 Å². The Balaban J connectivity index is 2.77. The smallest absolute Gasteiger partial charge is 0.239 e. The van der Waals surface area contributed by atoms with Crippen LogP contribution in [-0.4, -0.2) is 24.0 Å². The van der Waals surface area contributed by atoms with Crippen molar-refractivity contribution in [3.8, 4) is 0 Å². The Hall–Kier alpha value is -1.62. The second-order valence-electron chi connectivity index (χ2n) is 3.72. The lowest BCUT2D eigenvalue weighted by atomic mass is 10.1. The lowest BCUT2D eigenvalue weighted by Gasteiger charge is -2.11. The summed E-state index contributed by atoms with van der Waals surface area (Å²) in [7, 11) is 0. The zero-order valence-electron chi connectivity index (χ0n) is 10.0. The lowest BCUT2D eigenvalue weighted by Crippen LogP contribution is -2.30. The number of carbonyl (C=O) groups is 1. The van der Waals surface area contributed by atoms with Gasteiger partial charge in [-0.05, 0) is 26.0 Å². The summed E-state index contributed by atoms with van der Waals surface area (Å²) in [5, 5.41) is 5.74. The van der Waals surface area contributed by atoms with Crippen LogP contribution in [0.1, 0.15) is 18.1 Å². The van der Waals surface area contributed by atoms with Gasteiger partial charge in [-0.25, -0.2) is 0 Å². The summed E-state index contributed by atoms with van der Waals surface area (Å²) in [6.07, 6.45) is 0. The predicted molar refractivity (Wildman–Crippen MR) is 74.2 cm³/mol. The highest BCUT2D eigenvalue weighted by Crippen LogP contribution is 2.16. The largest absolute Gasteiger partial charge is 0.389 e. The third kappa shape index (κ3) is 4.03. The summed E-state index contributed by atoms with van der Waals surface area (Å²) in [5.74, 6) is -0.0537. The van der Waals surface area contributed by atoms with Crippen molar-refractivity contribution >= 4 is 28.8 Å². The van der Waals surface area contributed by atoms with Gasteiger partial charge in [0.2, 0.25) is 5.91 Å². The minimum Gasteiger partial charge on any atom is -0.389 e. The Labute approximate surface area is 107 Å². The molecule has 1 amide bonds. The van der Waals surface area contributed by atoms with Gasteiger partial charge < -0.3 is 16.4 Å². The van der Waals surface area contributed by atoms with Gasteiger partial charge in [0.15, 0.2) is 0 Å². The Bertz CT molecular complexity index is 432. The Morgan fingerprint density at radius 1 is 1.47 bits per heavy atom. The van der Waals surface area contributed by atoms with Gasteiger partial charge in [-0.2, -0.15) is 0 Å². The van der Waals surface area contributed by atoms with E-state index in [0.29, 0.717) is 11.5 Å². The molecule has 1 aromatic carbocycles. The number of nitrogens with one attached hydrogen (secondary N) is 2. The predicted octanol–water partition coefficient (Wildman–Crippen LogP) is 1.18. The quantitative estimate of drug-likeness (QED) is 0.687. The molecule has 0 aliphatic heterocycles. The maximum atomic E-state index is 11.3. The number of likely N-dealkylation sites (N-methyl/N-ethyl adjacent to an activating group) is 1. The molecule has 0 radical (unpaired) electrons. The standard InChI is InChI=1S/C12H17N3OS/c1-3-14-11(16)7-15-10-5-4-8(2)6-9(10)12(13)17/h4-6,15H,3,7H2,1-2H3,(H2,13,17)(H,14,16). The first-order valence-electron chi connectivity index (χ1n) is 5.45. The highest BCUT2D eigenvalue weighted by molar-refractivity contribution is 7.80. The average Bonchev–Trinajstić information content (AvgIpc) is 2.27. The molecule has 0 saturated carbocycles. The molecule has 0 spiro atoms. The number of carbonyl (C=O) groups excluding carboxylic acids is 1. The van der Waals surface area contributed by atoms with Crippen molar-refractivity contribution in [1.82, 2.24) is 5.32 Å². The zero-order chi connectivity index (χ0) is 12.8. The van der Waals surface area contributed by atoms with E-state index in [1.54, 1.807) is 0 Å². The van der Waals surface area contributed by atoms with E-state index in [2.05, 4.69) is 10.6 Å². The fraction of sp³-hybridized carbons (Fsp3) is 0.333. The molecule has 0 bridgehead atoms. The van der Waals surface area contributed by atoms with E-state index in [9.17, 15) is 4.79 Å². The molecule has 92 valence electrons. The molecule has 5 heteroatoms. The molecule has 4 N–H and O–H groups in total. The Kier molecular flexibility index (Phi) is 4.90. The van der Waals surface area contributed by atoms with Crippen LogP contribution in [0.4, 0.5) is 5.69 Å². The molecule has 0 heterocycles. The number of benzene rings is 1. The van der Waals surface area contributed by atoms with Crippen LogP contribution in [0.15, 0.2) is 18.2 Å². The van der Waals surface area contributed by atoms with Gasteiger partial charge in [0.1, 0.15) is 4.99 Å². The van der Waals surface area contributed by atoms with E-state index in [0.717, 1.165) is 16.8 Å². The number of anilines is 1. The fourth-order valence-electron chi connectivity index (χ4n) is 1.45. The van der Waals surface area contributed by atoms with Gasteiger partial charge in [0.05, 0.1) is 6.54 Å². The highest BCUT2D eigenvalue weighted by Gasteiger charge is 2.06. The van der Waals surface area contributed by atoms with Gasteiger partial charge in [0, 0.05) is 17.8 Å². The molecule has 0 saturated heterocycles. The normalized spacial score (nSPS) is 9.76. The average molecular weight is 251 g/mol. The summed E-state index contributed by atoms with van der Waals surface area (Å²) in [4.78, 5) is 11.7. The van der Waals surface area contributed by atoms with Crippen LogP contribution in [0.25, 0.3) is 0 Å². The first kappa shape index (κ1) is 13.4. The molecule has 1 aromatic rings. The van der Waals surface area contributed by atoms with Crippen LogP contribution >= 0.6 is 12.2 Å². The molecule has 0 unspecified atom stereocenters. The first-order valence-corrected chi connectivity index (χ1v) is 5.86. The number of rotatable bonds is 5. The Morgan fingerprint density at radius 2 is 2.18 bits per heavy atom. The topological polar surface area (TPSA) is 67.2 Å². The van der Waals surface area contributed by atoms with Gasteiger partial charge >= 0.3 is 0 Å². The van der Waals surface area contributed by atoms with Crippen molar-refractivity contribution in [2.75, 3.05) is 18.4 Å². The summed E-state index contributed by atoms with van der Waals surface area (Å²) in [6, 6.07) is 5.73. The van der Waals surface area contributed by atoms with Crippen LogP contribution in [0.5, 0.6) is 0 Å². The maximum absolute atomic E-state index is 11.3. The monoisotopic (exact) mass is 251 g/mol. The van der Waals surface area contributed by atoms with Crippen molar-refractivity contribution in [3.63, 3.8) is 0 Å².